The summed E-state index contributed by atoms with van der Waals surface area (Å²) in [5, 5.41) is 0. The van der Waals surface area contributed by atoms with Gasteiger partial charge in [0.25, 0.3) is 0 Å². The first-order valence-corrected chi connectivity index (χ1v) is 5.09. The predicted molar refractivity (Wildman–Crippen MR) is 57.5 cm³/mol. The average molecular weight is 206 g/mol. The van der Waals surface area contributed by atoms with Crippen LogP contribution in [-0.2, 0) is 4.79 Å². The van der Waals surface area contributed by atoms with Gasteiger partial charge in [0.1, 0.15) is 6.29 Å². The molecule has 1 saturated heterocycles. The van der Waals surface area contributed by atoms with Crippen molar-refractivity contribution in [3.63, 3.8) is 0 Å². The number of likely N-dealkylation sites (tertiary alicyclic amines) is 1. The summed E-state index contributed by atoms with van der Waals surface area (Å²) in [5.74, 6) is 0. The fourth-order valence-corrected chi connectivity index (χ4v) is 1.75. The molecule has 2 nitrogen and oxygen atoms in total. The molecule has 13 heavy (non-hydrogen) atoms. The Labute approximate surface area is 87.1 Å². The molecular weight excluding hydrogens is 186 g/mol. The maximum Gasteiger partial charge on any atom is 0.119 e. The van der Waals surface area contributed by atoms with Crippen LogP contribution in [0.4, 0.5) is 0 Å². The molecule has 0 aliphatic carbocycles. The summed E-state index contributed by atoms with van der Waals surface area (Å²) < 4.78 is 0. The van der Waals surface area contributed by atoms with Gasteiger partial charge in [0.15, 0.2) is 0 Å². The summed E-state index contributed by atoms with van der Waals surface area (Å²) >= 11 is 0. The highest BCUT2D eigenvalue weighted by atomic mass is 35.5. The van der Waals surface area contributed by atoms with Gasteiger partial charge >= 0.3 is 0 Å². The highest BCUT2D eigenvalue weighted by Gasteiger charge is 2.08. The van der Waals surface area contributed by atoms with E-state index in [1.165, 1.54) is 45.3 Å². The van der Waals surface area contributed by atoms with E-state index in [-0.39, 0.29) is 12.4 Å². The SMILES string of the molecule is Cl.O=CCCCCN1CCCCC1. The van der Waals surface area contributed by atoms with Gasteiger partial charge < -0.3 is 9.69 Å². The van der Waals surface area contributed by atoms with Gasteiger partial charge in [-0.25, -0.2) is 0 Å². The molecule has 1 rings (SSSR count). The molecule has 0 N–H and O–H groups in total. The predicted octanol–water partition coefficient (Wildman–Crippen LogP) is 2.26. The first-order chi connectivity index (χ1) is 5.93. The molecule has 1 aliphatic rings. The minimum atomic E-state index is 0. The standard InChI is InChI=1S/C10H19NO.ClH/c12-10-6-2-5-9-11-7-3-1-4-8-11;/h10H,1-9H2;1H. The molecule has 1 aliphatic heterocycles. The maximum atomic E-state index is 10.0. The van der Waals surface area contributed by atoms with E-state index in [1.54, 1.807) is 0 Å². The quantitative estimate of drug-likeness (QED) is 0.507. The van der Waals surface area contributed by atoms with Gasteiger partial charge in [0.2, 0.25) is 0 Å². The normalized spacial score (nSPS) is 17.8. The Morgan fingerprint density at radius 3 is 2.38 bits per heavy atom. The molecule has 0 aromatic carbocycles. The van der Waals surface area contributed by atoms with Crippen LogP contribution in [0.5, 0.6) is 0 Å². The van der Waals surface area contributed by atoms with Crippen molar-refractivity contribution in [2.45, 2.75) is 38.5 Å². The number of carbonyl (C=O) groups is 1. The van der Waals surface area contributed by atoms with Gasteiger partial charge in [-0.15, -0.1) is 12.4 Å². The molecule has 0 unspecified atom stereocenters. The fraction of sp³-hybridized carbons (Fsp3) is 0.900. The molecule has 0 bridgehead atoms. The number of nitrogens with zero attached hydrogens (tertiary/aromatic N) is 1. The van der Waals surface area contributed by atoms with Crippen LogP contribution in [0.3, 0.4) is 0 Å². The Morgan fingerprint density at radius 1 is 1.08 bits per heavy atom. The third kappa shape index (κ3) is 6.05. The lowest BCUT2D eigenvalue weighted by Gasteiger charge is -2.26. The van der Waals surface area contributed by atoms with Crippen LogP contribution in [0.25, 0.3) is 0 Å². The first kappa shape index (κ1) is 12.9. The zero-order valence-electron chi connectivity index (χ0n) is 8.21. The number of rotatable bonds is 5. The molecule has 1 fully saturated rings. The second-order valence-corrected chi connectivity index (χ2v) is 3.56. The summed E-state index contributed by atoms with van der Waals surface area (Å²) in [6.45, 7) is 3.76. The van der Waals surface area contributed by atoms with Gasteiger partial charge in [0, 0.05) is 6.42 Å². The largest absolute Gasteiger partial charge is 0.303 e. The van der Waals surface area contributed by atoms with Crippen LogP contribution in [0.1, 0.15) is 38.5 Å². The van der Waals surface area contributed by atoms with Crippen molar-refractivity contribution in [2.24, 2.45) is 0 Å². The number of carbonyl (C=O) groups excluding carboxylic acids is 1. The van der Waals surface area contributed by atoms with Crippen molar-refractivity contribution in [3.8, 4) is 0 Å². The van der Waals surface area contributed by atoms with E-state index in [2.05, 4.69) is 4.90 Å². The van der Waals surface area contributed by atoms with Crippen LogP contribution >= 0.6 is 12.4 Å². The number of unbranched alkanes of at least 4 members (excludes halogenated alkanes) is 2. The van der Waals surface area contributed by atoms with Gasteiger partial charge in [-0.1, -0.05) is 6.42 Å². The molecule has 0 radical (unpaired) electrons. The van der Waals surface area contributed by atoms with Gasteiger partial charge in [-0.2, -0.15) is 0 Å². The van der Waals surface area contributed by atoms with Crippen LogP contribution in [0, 0.1) is 0 Å². The van der Waals surface area contributed by atoms with Gasteiger partial charge in [-0.05, 0) is 45.3 Å². The van der Waals surface area contributed by atoms with Crippen LogP contribution in [-0.4, -0.2) is 30.8 Å². The number of hydrogen-bond donors (Lipinski definition) is 0. The zero-order valence-corrected chi connectivity index (χ0v) is 9.02. The molecule has 1 heterocycles. The number of piperidine rings is 1. The van der Waals surface area contributed by atoms with Crippen molar-refractivity contribution in [2.75, 3.05) is 19.6 Å². The summed E-state index contributed by atoms with van der Waals surface area (Å²) in [6, 6.07) is 0. The Balaban J connectivity index is 0.00000144. The number of hydrogen-bond acceptors (Lipinski definition) is 2. The lowest BCUT2D eigenvalue weighted by Crippen LogP contribution is -2.30. The molecule has 0 amide bonds. The number of halogens is 1. The summed E-state index contributed by atoms with van der Waals surface area (Å²) in [5.41, 5.74) is 0. The third-order valence-electron chi connectivity index (χ3n) is 2.50. The highest BCUT2D eigenvalue weighted by molar-refractivity contribution is 5.85. The lowest BCUT2D eigenvalue weighted by molar-refractivity contribution is -0.107. The molecule has 0 atom stereocenters. The van der Waals surface area contributed by atoms with E-state index in [4.69, 9.17) is 0 Å². The van der Waals surface area contributed by atoms with E-state index in [0.717, 1.165) is 19.1 Å². The highest BCUT2D eigenvalue weighted by Crippen LogP contribution is 2.09. The van der Waals surface area contributed by atoms with Crippen LogP contribution in [0.2, 0.25) is 0 Å². The molecule has 3 heteroatoms. The third-order valence-corrected chi connectivity index (χ3v) is 2.50. The van der Waals surface area contributed by atoms with Gasteiger partial charge in [0.05, 0.1) is 0 Å². The zero-order chi connectivity index (χ0) is 8.65. The lowest BCUT2D eigenvalue weighted by atomic mass is 10.1. The minimum absolute atomic E-state index is 0. The monoisotopic (exact) mass is 205 g/mol. The van der Waals surface area contributed by atoms with Crippen molar-refractivity contribution < 1.29 is 4.79 Å². The second kappa shape index (κ2) is 8.52. The molecule has 78 valence electrons. The van der Waals surface area contributed by atoms with Crippen LogP contribution < -0.4 is 0 Å². The molecule has 0 aromatic rings. The van der Waals surface area contributed by atoms with Crippen molar-refractivity contribution >= 4 is 18.7 Å². The van der Waals surface area contributed by atoms with E-state index in [1.807, 2.05) is 0 Å². The molecule has 0 saturated carbocycles. The van der Waals surface area contributed by atoms with Crippen molar-refractivity contribution in [3.05, 3.63) is 0 Å². The average Bonchev–Trinajstić information content (AvgIpc) is 2.14. The summed E-state index contributed by atoms with van der Waals surface area (Å²) in [4.78, 5) is 12.6. The van der Waals surface area contributed by atoms with E-state index >= 15 is 0 Å². The van der Waals surface area contributed by atoms with E-state index in [0.29, 0.717) is 0 Å². The molecule has 0 spiro atoms. The van der Waals surface area contributed by atoms with E-state index < -0.39 is 0 Å². The minimum Gasteiger partial charge on any atom is -0.303 e. The van der Waals surface area contributed by atoms with Crippen molar-refractivity contribution in [1.82, 2.24) is 4.90 Å². The number of aldehydes is 1. The maximum absolute atomic E-state index is 10.0. The van der Waals surface area contributed by atoms with Crippen molar-refractivity contribution in [1.29, 1.82) is 0 Å². The summed E-state index contributed by atoms with van der Waals surface area (Å²) in [6.07, 6.45) is 8.18. The Bertz CT molecular complexity index is 124. The fourth-order valence-electron chi connectivity index (χ4n) is 1.75. The molecule has 0 aromatic heterocycles. The Kier molecular flexibility index (Phi) is 8.46. The molecular formula is C10H20ClNO. The second-order valence-electron chi connectivity index (χ2n) is 3.56. The van der Waals surface area contributed by atoms with Gasteiger partial charge in [-0.3, -0.25) is 0 Å². The van der Waals surface area contributed by atoms with E-state index in [9.17, 15) is 4.79 Å². The Morgan fingerprint density at radius 2 is 1.77 bits per heavy atom. The summed E-state index contributed by atoms with van der Waals surface area (Å²) in [7, 11) is 0. The first-order valence-electron chi connectivity index (χ1n) is 5.09. The Hall–Kier alpha value is -0.0800. The smallest absolute Gasteiger partial charge is 0.119 e. The topological polar surface area (TPSA) is 20.3 Å². The van der Waals surface area contributed by atoms with Crippen LogP contribution in [0.15, 0.2) is 0 Å².